The smallest absolute Gasteiger partial charge is 0.268 e. The average Bonchev–Trinajstić information content (AvgIpc) is 2.75. The van der Waals surface area contributed by atoms with Gasteiger partial charge in [0.15, 0.2) is 0 Å². The number of rotatable bonds is 2. The van der Waals surface area contributed by atoms with Crippen molar-refractivity contribution in [1.29, 1.82) is 0 Å². The summed E-state index contributed by atoms with van der Waals surface area (Å²) in [5, 5.41) is 10.0. The fraction of sp³-hybridized carbons (Fsp3) is 0.222. The van der Waals surface area contributed by atoms with E-state index in [0.717, 1.165) is 10.7 Å². The fourth-order valence-corrected chi connectivity index (χ4v) is 2.06. The highest BCUT2D eigenvalue weighted by Gasteiger charge is 2.13. The van der Waals surface area contributed by atoms with Crippen molar-refractivity contribution in [2.24, 2.45) is 0 Å². The van der Waals surface area contributed by atoms with E-state index in [1.165, 1.54) is 11.3 Å². The van der Waals surface area contributed by atoms with Crippen molar-refractivity contribution < 1.29 is 4.79 Å². The summed E-state index contributed by atoms with van der Waals surface area (Å²) in [5.74, 6) is 0.438. The van der Waals surface area contributed by atoms with Gasteiger partial charge in [0.1, 0.15) is 10.7 Å². The van der Waals surface area contributed by atoms with Gasteiger partial charge in [-0.25, -0.2) is 4.98 Å². The largest absolute Gasteiger partial charge is 0.306 e. The number of carbonyl (C=O) groups excluding carboxylic acids is 1. The molecule has 0 fully saturated rings. The van der Waals surface area contributed by atoms with Crippen LogP contribution in [0.3, 0.4) is 0 Å². The molecule has 1 amide bonds. The highest BCUT2D eigenvalue weighted by molar-refractivity contribution is 7.13. The summed E-state index contributed by atoms with van der Waals surface area (Å²) in [6.07, 6.45) is 1.58. The minimum absolute atomic E-state index is 0.151. The van der Waals surface area contributed by atoms with Crippen molar-refractivity contribution in [2.45, 2.75) is 13.8 Å². The van der Waals surface area contributed by atoms with Crippen LogP contribution in [0.2, 0.25) is 0 Å². The van der Waals surface area contributed by atoms with Gasteiger partial charge in [0.05, 0.1) is 16.9 Å². The Labute approximate surface area is 90.6 Å². The molecule has 0 bridgehead atoms. The van der Waals surface area contributed by atoms with E-state index < -0.39 is 0 Å². The highest BCUT2D eigenvalue weighted by atomic mass is 32.1. The number of aryl methyl sites for hydroxylation is 2. The molecule has 0 aliphatic heterocycles. The van der Waals surface area contributed by atoms with Crippen molar-refractivity contribution in [3.63, 3.8) is 0 Å². The summed E-state index contributed by atoms with van der Waals surface area (Å²) in [5.41, 5.74) is 0.759. The Kier molecular flexibility index (Phi) is 2.51. The Balaban J connectivity index is 2.18. The molecule has 0 saturated heterocycles. The fourth-order valence-electron chi connectivity index (χ4n) is 1.25. The van der Waals surface area contributed by atoms with E-state index in [9.17, 15) is 4.79 Å². The van der Waals surface area contributed by atoms with Crippen molar-refractivity contribution >= 4 is 23.1 Å². The predicted octanol–water partition coefficient (Wildman–Crippen LogP) is 1.74. The lowest BCUT2D eigenvalue weighted by atomic mass is 10.4. The van der Waals surface area contributed by atoms with Crippen LogP contribution < -0.4 is 5.32 Å². The van der Waals surface area contributed by atoms with Gasteiger partial charge in [-0.05, 0) is 13.8 Å². The second-order valence-electron chi connectivity index (χ2n) is 3.07. The number of aromatic amines is 1. The maximum absolute atomic E-state index is 11.8. The molecule has 0 atom stereocenters. The van der Waals surface area contributed by atoms with E-state index in [2.05, 4.69) is 20.5 Å². The molecule has 0 unspecified atom stereocenters. The second kappa shape index (κ2) is 3.82. The number of nitrogens with zero attached hydrogens (tertiary/aromatic N) is 2. The number of carbonyl (C=O) groups is 1. The zero-order chi connectivity index (χ0) is 10.8. The first-order valence-electron chi connectivity index (χ1n) is 4.41. The molecule has 78 valence electrons. The molecule has 2 N–H and O–H groups in total. The molecule has 2 rings (SSSR count). The quantitative estimate of drug-likeness (QED) is 0.813. The molecule has 2 aromatic rings. The molecule has 2 heterocycles. The Bertz CT molecular complexity index is 474. The van der Waals surface area contributed by atoms with Crippen LogP contribution in [-0.2, 0) is 0 Å². The first-order chi connectivity index (χ1) is 7.16. The molecule has 0 aliphatic rings. The molecular weight excluding hydrogens is 212 g/mol. The van der Waals surface area contributed by atoms with E-state index in [0.29, 0.717) is 10.7 Å². The van der Waals surface area contributed by atoms with Gasteiger partial charge in [0, 0.05) is 6.07 Å². The normalized spacial score (nSPS) is 10.3. The first kappa shape index (κ1) is 9.85. The number of H-pyrrole nitrogens is 1. The van der Waals surface area contributed by atoms with E-state index in [-0.39, 0.29) is 5.91 Å². The number of anilines is 1. The third kappa shape index (κ3) is 2.04. The first-order valence-corrected chi connectivity index (χ1v) is 5.23. The Hall–Kier alpha value is -1.69. The van der Waals surface area contributed by atoms with E-state index >= 15 is 0 Å². The Morgan fingerprint density at radius 2 is 2.33 bits per heavy atom. The second-order valence-corrected chi connectivity index (χ2v) is 4.28. The molecular formula is C9H10N4OS. The summed E-state index contributed by atoms with van der Waals surface area (Å²) < 4.78 is 0. The van der Waals surface area contributed by atoms with Crippen LogP contribution >= 0.6 is 11.3 Å². The van der Waals surface area contributed by atoms with Gasteiger partial charge in [-0.1, -0.05) is 0 Å². The van der Waals surface area contributed by atoms with Crippen LogP contribution in [0.4, 0.5) is 5.82 Å². The molecule has 0 radical (unpaired) electrons. The molecule has 15 heavy (non-hydrogen) atoms. The summed E-state index contributed by atoms with van der Waals surface area (Å²) in [4.78, 5) is 16.6. The van der Waals surface area contributed by atoms with Gasteiger partial charge in [-0.3, -0.25) is 9.89 Å². The molecule has 0 spiro atoms. The summed E-state index contributed by atoms with van der Waals surface area (Å²) >= 11 is 1.39. The van der Waals surface area contributed by atoms with E-state index in [4.69, 9.17) is 0 Å². The van der Waals surface area contributed by atoms with Crippen LogP contribution in [-0.4, -0.2) is 21.1 Å². The lowest BCUT2D eigenvalue weighted by Gasteiger charge is -1.99. The maximum atomic E-state index is 11.8. The molecule has 0 aliphatic carbocycles. The topological polar surface area (TPSA) is 70.7 Å². The van der Waals surface area contributed by atoms with E-state index in [1.54, 1.807) is 12.3 Å². The third-order valence-corrected chi connectivity index (χ3v) is 2.93. The van der Waals surface area contributed by atoms with Gasteiger partial charge in [-0.15, -0.1) is 11.3 Å². The van der Waals surface area contributed by atoms with Gasteiger partial charge in [-0.2, -0.15) is 5.10 Å². The Morgan fingerprint density at radius 3 is 2.87 bits per heavy atom. The number of aromatic nitrogens is 3. The van der Waals surface area contributed by atoms with Crippen LogP contribution in [0.5, 0.6) is 0 Å². The van der Waals surface area contributed by atoms with Crippen molar-refractivity contribution in [2.75, 3.05) is 5.32 Å². The number of hydrogen-bond acceptors (Lipinski definition) is 4. The minimum Gasteiger partial charge on any atom is -0.306 e. The SMILES string of the molecule is Cc1nc(C)c(C(=O)Nc2ccn[nH]2)s1. The van der Waals surface area contributed by atoms with Crippen LogP contribution in [0.15, 0.2) is 12.3 Å². The third-order valence-electron chi connectivity index (χ3n) is 1.86. The Morgan fingerprint density at radius 1 is 1.53 bits per heavy atom. The molecule has 5 nitrogen and oxygen atoms in total. The molecule has 0 saturated carbocycles. The summed E-state index contributed by atoms with van der Waals surface area (Å²) in [7, 11) is 0. The monoisotopic (exact) mass is 222 g/mol. The van der Waals surface area contributed by atoms with Crippen molar-refractivity contribution in [1.82, 2.24) is 15.2 Å². The predicted molar refractivity (Wildman–Crippen MR) is 58.1 cm³/mol. The molecule has 6 heteroatoms. The standard InChI is InChI=1S/C9H10N4OS/c1-5-8(15-6(2)11-5)9(14)12-7-3-4-10-13-7/h3-4H,1-2H3,(H2,10,12,13,14). The van der Waals surface area contributed by atoms with Crippen molar-refractivity contribution in [3.8, 4) is 0 Å². The van der Waals surface area contributed by atoms with Crippen molar-refractivity contribution in [3.05, 3.63) is 27.8 Å². The lowest BCUT2D eigenvalue weighted by Crippen LogP contribution is -2.11. The zero-order valence-electron chi connectivity index (χ0n) is 8.37. The van der Waals surface area contributed by atoms with Crippen LogP contribution in [0.1, 0.15) is 20.4 Å². The minimum atomic E-state index is -0.151. The molecule has 0 aromatic carbocycles. The summed E-state index contributed by atoms with van der Waals surface area (Å²) in [6, 6.07) is 1.70. The van der Waals surface area contributed by atoms with Gasteiger partial charge in [0.2, 0.25) is 0 Å². The average molecular weight is 222 g/mol. The zero-order valence-corrected chi connectivity index (χ0v) is 9.18. The van der Waals surface area contributed by atoms with Gasteiger partial charge < -0.3 is 5.32 Å². The molecule has 2 aromatic heterocycles. The van der Waals surface area contributed by atoms with Crippen LogP contribution in [0.25, 0.3) is 0 Å². The summed E-state index contributed by atoms with van der Waals surface area (Å²) in [6.45, 7) is 3.70. The van der Waals surface area contributed by atoms with Crippen LogP contribution in [0, 0.1) is 13.8 Å². The number of hydrogen-bond donors (Lipinski definition) is 2. The number of amides is 1. The number of thiazole rings is 1. The maximum Gasteiger partial charge on any atom is 0.268 e. The highest BCUT2D eigenvalue weighted by Crippen LogP contribution is 2.18. The lowest BCUT2D eigenvalue weighted by molar-refractivity contribution is 0.102. The van der Waals surface area contributed by atoms with E-state index in [1.807, 2.05) is 13.8 Å². The van der Waals surface area contributed by atoms with Gasteiger partial charge >= 0.3 is 0 Å². The van der Waals surface area contributed by atoms with Gasteiger partial charge in [0.25, 0.3) is 5.91 Å². The number of nitrogens with one attached hydrogen (secondary N) is 2.